The van der Waals surface area contributed by atoms with Crippen molar-refractivity contribution in [1.82, 2.24) is 5.32 Å². The Morgan fingerprint density at radius 2 is 2.00 bits per heavy atom. The van der Waals surface area contributed by atoms with Gasteiger partial charge in [0.05, 0.1) is 23.3 Å². The van der Waals surface area contributed by atoms with Crippen molar-refractivity contribution in [1.29, 1.82) is 0 Å². The molecule has 0 spiro atoms. The number of carbonyl (C=O) groups is 1. The van der Waals surface area contributed by atoms with Crippen molar-refractivity contribution >= 4 is 43.5 Å². The fourth-order valence-corrected chi connectivity index (χ4v) is 2.41. The largest absolute Gasteiger partial charge is 0.495 e. The molecule has 0 aliphatic rings. The molecule has 0 heterocycles. The molecule has 0 bridgehead atoms. The first-order chi connectivity index (χ1) is 7.99. The van der Waals surface area contributed by atoms with Gasteiger partial charge in [-0.05, 0) is 51.9 Å². The number of hydrogen-bond acceptors (Lipinski definition) is 3. The smallest absolute Gasteiger partial charge is 0.241 e. The van der Waals surface area contributed by atoms with Gasteiger partial charge in [0.15, 0.2) is 0 Å². The highest BCUT2D eigenvalue weighted by atomic mass is 79.9. The van der Waals surface area contributed by atoms with E-state index >= 15 is 0 Å². The maximum Gasteiger partial charge on any atom is 0.241 e. The molecule has 0 fully saturated rings. The van der Waals surface area contributed by atoms with E-state index in [0.717, 1.165) is 8.95 Å². The summed E-state index contributed by atoms with van der Waals surface area (Å²) in [7, 11) is 3.32. The number of amides is 1. The zero-order chi connectivity index (χ0) is 13.0. The summed E-state index contributed by atoms with van der Waals surface area (Å²) in [5.41, 5.74) is 0.678. The number of carbonyl (C=O) groups excluding carboxylic acids is 1. The second-order valence-electron chi connectivity index (χ2n) is 3.47. The van der Waals surface area contributed by atoms with E-state index in [9.17, 15) is 4.79 Å². The van der Waals surface area contributed by atoms with E-state index in [1.807, 2.05) is 6.07 Å². The molecule has 0 aliphatic heterocycles. The molecule has 94 valence electrons. The third-order valence-electron chi connectivity index (χ3n) is 2.33. The summed E-state index contributed by atoms with van der Waals surface area (Å²) < 4.78 is 6.79. The Hall–Kier alpha value is -0.590. The molecule has 0 saturated heterocycles. The number of hydrogen-bond donors (Lipinski definition) is 2. The van der Waals surface area contributed by atoms with E-state index in [4.69, 9.17) is 4.74 Å². The van der Waals surface area contributed by atoms with Crippen LogP contribution in [0.15, 0.2) is 21.1 Å². The average molecular weight is 366 g/mol. The van der Waals surface area contributed by atoms with Gasteiger partial charge in [0.2, 0.25) is 5.91 Å². The van der Waals surface area contributed by atoms with Crippen LogP contribution in [0.3, 0.4) is 0 Å². The van der Waals surface area contributed by atoms with Crippen molar-refractivity contribution in [2.75, 3.05) is 19.5 Å². The molecule has 1 atom stereocenters. The van der Waals surface area contributed by atoms with Crippen molar-refractivity contribution in [2.45, 2.75) is 13.0 Å². The summed E-state index contributed by atoms with van der Waals surface area (Å²) in [6.45, 7) is 1.79. The lowest BCUT2D eigenvalue weighted by molar-refractivity contribution is -0.117. The van der Waals surface area contributed by atoms with E-state index in [0.29, 0.717) is 11.4 Å². The number of halogens is 2. The van der Waals surface area contributed by atoms with Crippen LogP contribution in [0.2, 0.25) is 0 Å². The van der Waals surface area contributed by atoms with E-state index < -0.39 is 0 Å². The monoisotopic (exact) mass is 364 g/mol. The molecule has 2 N–H and O–H groups in total. The molecular formula is C11H14Br2N2O2. The van der Waals surface area contributed by atoms with Gasteiger partial charge in [-0.1, -0.05) is 0 Å². The summed E-state index contributed by atoms with van der Waals surface area (Å²) in [6.07, 6.45) is 0. The summed E-state index contributed by atoms with van der Waals surface area (Å²) >= 11 is 6.76. The maximum atomic E-state index is 11.7. The van der Waals surface area contributed by atoms with Crippen LogP contribution in [0.25, 0.3) is 0 Å². The first kappa shape index (κ1) is 14.5. The van der Waals surface area contributed by atoms with Crippen molar-refractivity contribution < 1.29 is 9.53 Å². The van der Waals surface area contributed by atoms with Gasteiger partial charge in [-0.2, -0.15) is 0 Å². The molecule has 1 unspecified atom stereocenters. The second-order valence-corrected chi connectivity index (χ2v) is 5.17. The van der Waals surface area contributed by atoms with Crippen LogP contribution in [-0.4, -0.2) is 26.1 Å². The average Bonchev–Trinajstić information content (AvgIpc) is 2.31. The SMILES string of the molecule is CNC(C)C(=O)Nc1cc(OC)c(Br)cc1Br. The number of rotatable bonds is 4. The molecule has 1 aromatic rings. The summed E-state index contributed by atoms with van der Waals surface area (Å²) in [6, 6.07) is 3.34. The molecule has 0 radical (unpaired) electrons. The highest BCUT2D eigenvalue weighted by Gasteiger charge is 2.13. The van der Waals surface area contributed by atoms with E-state index in [-0.39, 0.29) is 11.9 Å². The molecule has 4 nitrogen and oxygen atoms in total. The minimum Gasteiger partial charge on any atom is -0.495 e. The van der Waals surface area contributed by atoms with Crippen LogP contribution in [0.5, 0.6) is 5.75 Å². The number of ether oxygens (including phenoxy) is 1. The fourth-order valence-electron chi connectivity index (χ4n) is 1.15. The van der Waals surface area contributed by atoms with Gasteiger partial charge in [-0.15, -0.1) is 0 Å². The lowest BCUT2D eigenvalue weighted by Gasteiger charge is -2.14. The maximum absolute atomic E-state index is 11.7. The zero-order valence-corrected chi connectivity index (χ0v) is 13.0. The lowest BCUT2D eigenvalue weighted by Crippen LogP contribution is -2.35. The van der Waals surface area contributed by atoms with E-state index in [1.165, 1.54) is 0 Å². The standard InChI is InChI=1S/C11H14Br2N2O2/c1-6(14-2)11(16)15-9-5-10(17-3)8(13)4-7(9)12/h4-6,14H,1-3H3,(H,15,16). The van der Waals surface area contributed by atoms with Gasteiger partial charge in [0.1, 0.15) is 5.75 Å². The van der Waals surface area contributed by atoms with Gasteiger partial charge in [0.25, 0.3) is 0 Å². The van der Waals surface area contributed by atoms with Gasteiger partial charge >= 0.3 is 0 Å². The van der Waals surface area contributed by atoms with Crippen molar-refractivity contribution in [3.05, 3.63) is 21.1 Å². The highest BCUT2D eigenvalue weighted by molar-refractivity contribution is 9.11. The Morgan fingerprint density at radius 3 is 2.53 bits per heavy atom. The van der Waals surface area contributed by atoms with Crippen molar-refractivity contribution in [2.24, 2.45) is 0 Å². The van der Waals surface area contributed by atoms with Crippen LogP contribution in [0.4, 0.5) is 5.69 Å². The fraction of sp³-hybridized carbons (Fsp3) is 0.364. The summed E-state index contributed by atoms with van der Waals surface area (Å²) in [4.78, 5) is 11.7. The van der Waals surface area contributed by atoms with Crippen molar-refractivity contribution in [3.8, 4) is 5.75 Å². The number of likely N-dealkylation sites (N-methyl/N-ethyl adjacent to an activating group) is 1. The molecule has 0 aromatic heterocycles. The second kappa shape index (κ2) is 6.37. The lowest BCUT2D eigenvalue weighted by atomic mass is 10.2. The van der Waals surface area contributed by atoms with Crippen LogP contribution >= 0.6 is 31.9 Å². The Bertz CT molecular complexity index is 424. The molecule has 1 amide bonds. The minimum absolute atomic E-state index is 0.0995. The van der Waals surface area contributed by atoms with E-state index in [1.54, 1.807) is 27.1 Å². The minimum atomic E-state index is -0.253. The van der Waals surface area contributed by atoms with Gasteiger partial charge in [0, 0.05) is 10.5 Å². The normalized spacial score (nSPS) is 12.1. The highest BCUT2D eigenvalue weighted by Crippen LogP contribution is 2.34. The molecule has 1 aromatic carbocycles. The number of anilines is 1. The molecular weight excluding hydrogens is 352 g/mol. The molecule has 17 heavy (non-hydrogen) atoms. The summed E-state index contributed by atoms with van der Waals surface area (Å²) in [5.74, 6) is 0.568. The topological polar surface area (TPSA) is 50.4 Å². The zero-order valence-electron chi connectivity index (χ0n) is 9.80. The molecule has 0 aliphatic carbocycles. The third kappa shape index (κ3) is 3.69. The summed E-state index contributed by atoms with van der Waals surface area (Å²) in [5, 5.41) is 5.69. The van der Waals surface area contributed by atoms with Gasteiger partial charge in [-0.3, -0.25) is 4.79 Å². The first-order valence-electron chi connectivity index (χ1n) is 5.00. The Labute approximate surface area is 117 Å². The molecule has 0 saturated carbocycles. The van der Waals surface area contributed by atoms with Crippen LogP contribution in [0.1, 0.15) is 6.92 Å². The third-order valence-corrected chi connectivity index (χ3v) is 3.60. The predicted octanol–water partition coefficient (Wildman–Crippen LogP) is 2.77. The quantitative estimate of drug-likeness (QED) is 0.862. The van der Waals surface area contributed by atoms with Gasteiger partial charge in [-0.25, -0.2) is 0 Å². The first-order valence-corrected chi connectivity index (χ1v) is 6.59. The van der Waals surface area contributed by atoms with Crippen molar-refractivity contribution in [3.63, 3.8) is 0 Å². The van der Waals surface area contributed by atoms with Crippen LogP contribution in [0, 0.1) is 0 Å². The number of nitrogens with one attached hydrogen (secondary N) is 2. The van der Waals surface area contributed by atoms with E-state index in [2.05, 4.69) is 42.5 Å². The Morgan fingerprint density at radius 1 is 1.35 bits per heavy atom. The van der Waals surface area contributed by atoms with Crippen LogP contribution in [-0.2, 0) is 4.79 Å². The number of methoxy groups -OCH3 is 1. The van der Waals surface area contributed by atoms with Gasteiger partial charge < -0.3 is 15.4 Å². The Kier molecular flexibility index (Phi) is 5.42. The number of benzene rings is 1. The molecule has 1 rings (SSSR count). The van der Waals surface area contributed by atoms with Crippen LogP contribution < -0.4 is 15.4 Å². The Balaban J connectivity index is 2.95. The molecule has 6 heteroatoms. The predicted molar refractivity (Wildman–Crippen MR) is 75.5 cm³/mol.